The molecule has 36 nitrogen and oxygen atoms in total. The van der Waals surface area contributed by atoms with Crippen LogP contribution in [0.1, 0.15) is 123 Å². The molecule has 8 aromatic rings. The van der Waals surface area contributed by atoms with Gasteiger partial charge in [-0.1, -0.05) is 0 Å². The largest absolute Gasteiger partial charge is 0.356 e. The number of hydrogen-bond donors (Lipinski definition) is 12. The molecule has 0 aromatic carbocycles. The SMILES string of the molecule is CN(C)CCCNC(=O)CCNC(=O)c1cc(NC(=O)c2nc(NC(=O)CCNC(=O)c3cc(NC(=O)c4cc(NC(=O)CCCNC(=O)c5cc(NC(=O)c6nc(NC(=O)CCNC(=O)c7cc(NC(=O)c8nccn8C)cn7C)cn6C)cn5C)cn4C)cn3C)cn2C)cn1C. The molecular formula is C63H80N24O12. The van der Waals surface area contributed by atoms with E-state index in [0.29, 0.717) is 29.3 Å². The normalized spacial score (nSPS) is 11.0. The first-order valence-electron chi connectivity index (χ1n) is 31.1. The van der Waals surface area contributed by atoms with E-state index >= 15 is 0 Å². The molecule has 12 N–H and O–H groups in total. The summed E-state index contributed by atoms with van der Waals surface area (Å²) in [5, 5.41) is 32.5. The molecule has 0 unspecified atom stereocenters. The van der Waals surface area contributed by atoms with Gasteiger partial charge in [-0.05, 0) is 63.8 Å². The zero-order valence-corrected chi connectivity index (χ0v) is 56.3. The van der Waals surface area contributed by atoms with Crippen molar-refractivity contribution in [3.8, 4) is 0 Å². The van der Waals surface area contributed by atoms with Crippen molar-refractivity contribution in [2.75, 3.05) is 90.6 Å². The second-order valence-electron chi connectivity index (χ2n) is 23.5. The van der Waals surface area contributed by atoms with Crippen LogP contribution in [0.3, 0.4) is 0 Å². The topological polar surface area (TPSA) is 431 Å². The van der Waals surface area contributed by atoms with Crippen molar-refractivity contribution in [1.82, 2.24) is 83.0 Å². The van der Waals surface area contributed by atoms with Gasteiger partial charge in [0.1, 0.15) is 28.5 Å². The summed E-state index contributed by atoms with van der Waals surface area (Å²) in [5.74, 6) is -5.44. The van der Waals surface area contributed by atoms with E-state index in [2.05, 4.69) is 78.8 Å². The monoisotopic (exact) mass is 1360 g/mol. The molecule has 8 heterocycles. The Morgan fingerprint density at radius 3 is 1.05 bits per heavy atom. The van der Waals surface area contributed by atoms with Gasteiger partial charge in [-0.15, -0.1) is 0 Å². The number of imidazole rings is 3. The van der Waals surface area contributed by atoms with Gasteiger partial charge in [-0.2, -0.15) is 0 Å². The average Bonchev–Trinajstić information content (AvgIpc) is 1.70. The van der Waals surface area contributed by atoms with Crippen molar-refractivity contribution in [2.45, 2.75) is 38.5 Å². The molecule has 0 spiro atoms. The van der Waals surface area contributed by atoms with E-state index in [-0.39, 0.29) is 133 Å². The van der Waals surface area contributed by atoms with Crippen LogP contribution in [0.15, 0.2) is 86.1 Å². The minimum atomic E-state index is -0.633. The fraction of sp³-hybridized carbons (Fsp3) is 0.349. The predicted octanol–water partition coefficient (Wildman–Crippen LogP) is 1.44. The smallest absolute Gasteiger partial charge is 0.291 e. The first-order valence-corrected chi connectivity index (χ1v) is 31.1. The predicted molar refractivity (Wildman–Crippen MR) is 363 cm³/mol. The molecule has 0 fully saturated rings. The van der Waals surface area contributed by atoms with Crippen molar-refractivity contribution < 1.29 is 57.5 Å². The molecule has 524 valence electrons. The molecular weight excluding hydrogens is 1280 g/mol. The number of aromatic nitrogens is 11. The quantitative estimate of drug-likeness (QED) is 0.0266. The third kappa shape index (κ3) is 19.9. The van der Waals surface area contributed by atoms with E-state index in [4.69, 9.17) is 0 Å². The van der Waals surface area contributed by atoms with Crippen molar-refractivity contribution in [3.05, 3.63) is 132 Å². The Labute approximate surface area is 567 Å². The van der Waals surface area contributed by atoms with Crippen LogP contribution in [0.25, 0.3) is 0 Å². The van der Waals surface area contributed by atoms with Gasteiger partial charge in [0.2, 0.25) is 35.3 Å². The third-order valence-electron chi connectivity index (χ3n) is 15.1. The zero-order chi connectivity index (χ0) is 71.8. The fourth-order valence-corrected chi connectivity index (χ4v) is 10.1. The lowest BCUT2D eigenvalue weighted by Gasteiger charge is -2.10. The number of aryl methyl sites for hydroxylation is 8. The zero-order valence-electron chi connectivity index (χ0n) is 56.3. The Morgan fingerprint density at radius 1 is 0.333 bits per heavy atom. The van der Waals surface area contributed by atoms with Gasteiger partial charge in [0.15, 0.2) is 17.5 Å². The summed E-state index contributed by atoms with van der Waals surface area (Å²) in [6.45, 7) is 1.51. The number of amides is 12. The molecule has 0 aliphatic carbocycles. The van der Waals surface area contributed by atoms with E-state index in [9.17, 15) is 57.5 Å². The van der Waals surface area contributed by atoms with Crippen LogP contribution in [0.4, 0.5) is 40.1 Å². The Hall–Kier alpha value is -12.4. The maximum atomic E-state index is 13.4. The Kier molecular flexibility index (Phi) is 24.0. The molecule has 0 saturated heterocycles. The fourth-order valence-electron chi connectivity index (χ4n) is 10.1. The highest BCUT2D eigenvalue weighted by molar-refractivity contribution is 6.07. The molecule has 0 bridgehead atoms. The molecule has 0 aliphatic heterocycles. The molecule has 0 atom stereocenters. The van der Waals surface area contributed by atoms with Gasteiger partial charge < -0.3 is 105 Å². The van der Waals surface area contributed by atoms with Gasteiger partial charge in [0.05, 0.1) is 28.4 Å². The molecule has 0 saturated carbocycles. The van der Waals surface area contributed by atoms with Crippen molar-refractivity contribution in [3.63, 3.8) is 0 Å². The number of carbonyl (C=O) groups excluding carboxylic acids is 12. The van der Waals surface area contributed by atoms with E-state index in [0.717, 1.165) is 13.0 Å². The maximum Gasteiger partial charge on any atom is 0.291 e. The Morgan fingerprint density at radius 2 is 0.667 bits per heavy atom. The van der Waals surface area contributed by atoms with E-state index in [1.165, 1.54) is 93.3 Å². The number of nitrogens with zero attached hydrogens (tertiary/aromatic N) is 12. The standard InChI is InChI=1S/C63H80N24O12/c1-79(2)23-12-18-64-49(88)14-19-67-57(93)45-29-41(34-84(45)7)74-63(99)55-78-48(36-87(55)10)75-51(90)15-20-68-58(94)43-26-38(31-81(43)4)71-60(96)46-25-37(30-85(46)8)70-50(89)13-11-17-66-56(92)42-28-40(33-82(42)5)73-62(98)54-77-47(35-86(54)9)76-52(91)16-21-69-59(95)44-27-39(32-83(44)6)72-61(97)53-65-22-24-80(53)3/h22,24-36H,11-21,23H2,1-10H3,(H,64,88)(H,66,92)(H,67,93)(H,68,94)(H,69,95)(H,70,89)(H,71,96)(H,72,97)(H,73,98)(H,74,99)(H,75,90)(H,76,91). The van der Waals surface area contributed by atoms with E-state index in [1.807, 2.05) is 19.0 Å². The molecule has 36 heteroatoms. The van der Waals surface area contributed by atoms with Gasteiger partial charge in [-0.3, -0.25) is 57.5 Å². The molecule has 8 aromatic heterocycles. The summed E-state index contributed by atoms with van der Waals surface area (Å²) in [6, 6.07) is 7.37. The summed E-state index contributed by atoms with van der Waals surface area (Å²) in [6.07, 6.45) is 14.6. The van der Waals surface area contributed by atoms with Gasteiger partial charge in [0.25, 0.3) is 47.3 Å². The number of nitrogens with one attached hydrogen (secondary N) is 12. The second kappa shape index (κ2) is 32.9. The van der Waals surface area contributed by atoms with Crippen molar-refractivity contribution in [1.29, 1.82) is 0 Å². The third-order valence-corrected chi connectivity index (χ3v) is 15.1. The number of anilines is 7. The van der Waals surface area contributed by atoms with Gasteiger partial charge in [-0.25, -0.2) is 15.0 Å². The highest BCUT2D eigenvalue weighted by Gasteiger charge is 2.24. The highest BCUT2D eigenvalue weighted by Crippen LogP contribution is 2.21. The van der Waals surface area contributed by atoms with Crippen LogP contribution < -0.4 is 63.8 Å². The van der Waals surface area contributed by atoms with Crippen LogP contribution in [0, 0.1) is 0 Å². The van der Waals surface area contributed by atoms with Crippen LogP contribution >= 0.6 is 0 Å². The second-order valence-corrected chi connectivity index (χ2v) is 23.5. The number of rotatable bonds is 32. The maximum absolute atomic E-state index is 13.4. The lowest BCUT2D eigenvalue weighted by atomic mass is 10.2. The summed E-state index contributed by atoms with van der Waals surface area (Å²) < 4.78 is 11.9. The van der Waals surface area contributed by atoms with Crippen molar-refractivity contribution in [2.24, 2.45) is 56.4 Å². The summed E-state index contributed by atoms with van der Waals surface area (Å²) >= 11 is 0. The van der Waals surface area contributed by atoms with Crippen LogP contribution in [0.5, 0.6) is 0 Å². The number of hydrogen-bond acceptors (Lipinski definition) is 16. The lowest BCUT2D eigenvalue weighted by Crippen LogP contribution is -2.32. The molecule has 0 aliphatic rings. The summed E-state index contributed by atoms with van der Waals surface area (Å²) in [4.78, 5) is 170. The van der Waals surface area contributed by atoms with Crippen molar-refractivity contribution >= 4 is 111 Å². The van der Waals surface area contributed by atoms with Crippen LogP contribution in [-0.4, -0.2) is 181 Å². The van der Waals surface area contributed by atoms with E-state index in [1.54, 1.807) is 85.7 Å². The summed E-state index contributed by atoms with van der Waals surface area (Å²) in [5.41, 5.74) is 2.64. The molecule has 12 amide bonds. The first kappa shape index (κ1) is 72.5. The number of carbonyl (C=O) groups is 12. The molecule has 8 rings (SSSR count). The van der Waals surface area contributed by atoms with Gasteiger partial charge >= 0.3 is 0 Å². The summed E-state index contributed by atoms with van der Waals surface area (Å²) in [7, 11) is 16.8. The minimum Gasteiger partial charge on any atom is -0.356 e. The molecule has 0 radical (unpaired) electrons. The van der Waals surface area contributed by atoms with Crippen LogP contribution in [0.2, 0.25) is 0 Å². The minimum absolute atomic E-state index is 0.0116. The first-order chi connectivity index (χ1) is 47.1. The van der Waals surface area contributed by atoms with Gasteiger partial charge in [0, 0.05) is 171 Å². The Balaban J connectivity index is 0.700. The van der Waals surface area contributed by atoms with Crippen LogP contribution in [-0.2, 0) is 75.6 Å². The van der Waals surface area contributed by atoms with E-state index < -0.39 is 59.1 Å². The average molecular weight is 1370 g/mol. The lowest BCUT2D eigenvalue weighted by molar-refractivity contribution is -0.121. The highest BCUT2D eigenvalue weighted by atomic mass is 16.2. The molecule has 99 heavy (non-hydrogen) atoms. The Bertz CT molecular complexity index is 4370.